The minimum absolute atomic E-state index is 0.258. The van der Waals surface area contributed by atoms with Gasteiger partial charge in [-0.05, 0) is 41.8 Å². The average Bonchev–Trinajstić information content (AvgIpc) is 3.03. The number of benzene rings is 2. The number of hydrogen-bond donors (Lipinski definition) is 1. The fraction of sp³-hybridized carbons (Fsp3) is 0.0556. The van der Waals surface area contributed by atoms with Gasteiger partial charge in [0.1, 0.15) is 18.2 Å². The van der Waals surface area contributed by atoms with Crippen LogP contribution < -0.4 is 10.1 Å². The lowest BCUT2D eigenvalue weighted by Gasteiger charge is -2.04. The van der Waals surface area contributed by atoms with Crippen molar-refractivity contribution < 1.29 is 13.9 Å². The van der Waals surface area contributed by atoms with E-state index in [2.05, 4.69) is 5.32 Å². The molecule has 1 aromatic heterocycles. The quantitative estimate of drug-likeness (QED) is 0.736. The molecule has 3 nitrogen and oxygen atoms in total. The summed E-state index contributed by atoms with van der Waals surface area (Å²) in [6, 6.07) is 17.1. The standard InChI is InChI=1S/C18H14FNO2S/c19-14-5-4-6-15(10-14)20-18(21)17-9-13(12-23-17)11-22-16-7-2-1-3-8-16/h1-10,12H,11H2,(H,20,21). The number of nitrogens with one attached hydrogen (secondary N) is 1. The first-order chi connectivity index (χ1) is 11.2. The fourth-order valence-corrected chi connectivity index (χ4v) is 2.80. The smallest absolute Gasteiger partial charge is 0.265 e. The number of carbonyl (C=O) groups is 1. The van der Waals surface area contributed by atoms with Crippen LogP contribution in [-0.2, 0) is 6.61 Å². The van der Waals surface area contributed by atoms with E-state index in [1.165, 1.54) is 23.5 Å². The van der Waals surface area contributed by atoms with Crippen molar-refractivity contribution in [1.82, 2.24) is 0 Å². The maximum atomic E-state index is 13.1. The van der Waals surface area contributed by atoms with Crippen LogP contribution in [-0.4, -0.2) is 5.91 Å². The van der Waals surface area contributed by atoms with E-state index in [4.69, 9.17) is 4.74 Å². The zero-order valence-corrected chi connectivity index (χ0v) is 13.0. The minimum atomic E-state index is -0.383. The highest BCUT2D eigenvalue weighted by Crippen LogP contribution is 2.19. The molecule has 0 fully saturated rings. The minimum Gasteiger partial charge on any atom is -0.489 e. The molecule has 1 heterocycles. The molecule has 0 bridgehead atoms. The number of ether oxygens (including phenoxy) is 1. The predicted molar refractivity (Wildman–Crippen MR) is 89.4 cm³/mol. The number of para-hydroxylation sites is 1. The third kappa shape index (κ3) is 4.17. The Labute approximate surface area is 137 Å². The fourth-order valence-electron chi connectivity index (χ4n) is 2.01. The zero-order valence-electron chi connectivity index (χ0n) is 12.2. The molecule has 0 saturated heterocycles. The molecule has 3 rings (SSSR count). The Hall–Kier alpha value is -2.66. The van der Waals surface area contributed by atoms with E-state index in [9.17, 15) is 9.18 Å². The maximum absolute atomic E-state index is 13.1. The van der Waals surface area contributed by atoms with E-state index in [1.807, 2.05) is 35.7 Å². The lowest BCUT2D eigenvalue weighted by molar-refractivity contribution is 0.103. The summed E-state index contributed by atoms with van der Waals surface area (Å²) in [5.41, 5.74) is 1.36. The lowest BCUT2D eigenvalue weighted by atomic mass is 10.3. The van der Waals surface area contributed by atoms with Gasteiger partial charge in [0.25, 0.3) is 5.91 Å². The van der Waals surface area contributed by atoms with Gasteiger partial charge in [0.15, 0.2) is 0 Å². The molecule has 1 amide bonds. The van der Waals surface area contributed by atoms with Crippen LogP contribution in [0.3, 0.4) is 0 Å². The van der Waals surface area contributed by atoms with Crippen molar-refractivity contribution in [3.05, 3.63) is 82.3 Å². The zero-order chi connectivity index (χ0) is 16.1. The van der Waals surface area contributed by atoms with E-state index in [0.29, 0.717) is 17.2 Å². The van der Waals surface area contributed by atoms with Gasteiger partial charge in [0.2, 0.25) is 0 Å². The third-order valence-corrected chi connectivity index (χ3v) is 4.09. The molecule has 0 atom stereocenters. The Morgan fingerprint density at radius 1 is 1.09 bits per heavy atom. The Morgan fingerprint density at radius 2 is 1.91 bits per heavy atom. The summed E-state index contributed by atoms with van der Waals surface area (Å²) in [4.78, 5) is 12.7. The normalized spacial score (nSPS) is 10.3. The molecule has 0 aliphatic carbocycles. The van der Waals surface area contributed by atoms with Crippen molar-refractivity contribution in [2.24, 2.45) is 0 Å². The van der Waals surface area contributed by atoms with Gasteiger partial charge in [-0.2, -0.15) is 0 Å². The molecule has 1 N–H and O–H groups in total. The first-order valence-electron chi connectivity index (χ1n) is 7.03. The van der Waals surface area contributed by atoms with Crippen LogP contribution in [0.5, 0.6) is 5.75 Å². The molecule has 116 valence electrons. The first kappa shape index (κ1) is 15.2. The highest BCUT2D eigenvalue weighted by Gasteiger charge is 2.10. The second-order valence-electron chi connectivity index (χ2n) is 4.89. The van der Waals surface area contributed by atoms with Crippen LogP contribution in [0.15, 0.2) is 66.0 Å². The summed E-state index contributed by atoms with van der Waals surface area (Å²) in [5.74, 6) is 0.141. The monoisotopic (exact) mass is 327 g/mol. The molecular formula is C18H14FNO2S. The maximum Gasteiger partial charge on any atom is 0.265 e. The van der Waals surface area contributed by atoms with Crippen LogP contribution in [0, 0.1) is 5.82 Å². The highest BCUT2D eigenvalue weighted by atomic mass is 32.1. The summed E-state index contributed by atoms with van der Waals surface area (Å²) < 4.78 is 18.8. The summed E-state index contributed by atoms with van der Waals surface area (Å²) in [6.07, 6.45) is 0. The average molecular weight is 327 g/mol. The molecule has 0 aliphatic rings. The molecule has 3 aromatic rings. The van der Waals surface area contributed by atoms with Gasteiger partial charge < -0.3 is 10.1 Å². The molecule has 5 heteroatoms. The Balaban J connectivity index is 1.61. The van der Waals surface area contributed by atoms with Gasteiger partial charge in [0.05, 0.1) is 4.88 Å². The van der Waals surface area contributed by atoms with Gasteiger partial charge in [-0.25, -0.2) is 4.39 Å². The number of carbonyl (C=O) groups excluding carboxylic acids is 1. The number of halogens is 1. The van der Waals surface area contributed by atoms with E-state index in [1.54, 1.807) is 18.2 Å². The molecule has 0 unspecified atom stereocenters. The van der Waals surface area contributed by atoms with Crippen molar-refractivity contribution in [1.29, 1.82) is 0 Å². The SMILES string of the molecule is O=C(Nc1cccc(F)c1)c1cc(COc2ccccc2)cs1. The van der Waals surface area contributed by atoms with E-state index in [0.717, 1.165) is 11.3 Å². The molecular weight excluding hydrogens is 313 g/mol. The molecule has 0 radical (unpaired) electrons. The van der Waals surface area contributed by atoms with Crippen molar-refractivity contribution in [2.45, 2.75) is 6.61 Å². The van der Waals surface area contributed by atoms with Gasteiger partial charge >= 0.3 is 0 Å². The number of amides is 1. The van der Waals surface area contributed by atoms with E-state index < -0.39 is 0 Å². The molecule has 0 saturated carbocycles. The summed E-state index contributed by atoms with van der Waals surface area (Å²) in [5, 5.41) is 4.56. The van der Waals surface area contributed by atoms with Gasteiger partial charge in [-0.15, -0.1) is 11.3 Å². The Morgan fingerprint density at radius 3 is 2.70 bits per heavy atom. The number of thiophene rings is 1. The second-order valence-corrected chi connectivity index (χ2v) is 5.80. The first-order valence-corrected chi connectivity index (χ1v) is 7.91. The van der Waals surface area contributed by atoms with E-state index in [-0.39, 0.29) is 11.7 Å². The number of anilines is 1. The predicted octanol–water partition coefficient (Wildman–Crippen LogP) is 4.72. The van der Waals surface area contributed by atoms with Crippen molar-refractivity contribution >= 4 is 22.9 Å². The third-order valence-electron chi connectivity index (χ3n) is 3.11. The highest BCUT2D eigenvalue weighted by molar-refractivity contribution is 7.12. The van der Waals surface area contributed by atoms with Crippen LogP contribution in [0.4, 0.5) is 10.1 Å². The summed E-state index contributed by atoms with van der Waals surface area (Å²) in [7, 11) is 0. The summed E-state index contributed by atoms with van der Waals surface area (Å²) in [6.45, 7) is 0.397. The Kier molecular flexibility index (Phi) is 4.68. The van der Waals surface area contributed by atoms with Gasteiger partial charge in [0, 0.05) is 11.3 Å². The van der Waals surface area contributed by atoms with Gasteiger partial charge in [-0.3, -0.25) is 4.79 Å². The van der Waals surface area contributed by atoms with Crippen LogP contribution >= 0.6 is 11.3 Å². The molecule has 23 heavy (non-hydrogen) atoms. The largest absolute Gasteiger partial charge is 0.489 e. The second kappa shape index (κ2) is 7.07. The summed E-state index contributed by atoms with van der Waals surface area (Å²) >= 11 is 1.33. The van der Waals surface area contributed by atoms with Crippen LogP contribution in [0.25, 0.3) is 0 Å². The lowest BCUT2D eigenvalue weighted by Crippen LogP contribution is -2.10. The molecule has 2 aromatic carbocycles. The molecule has 0 aliphatic heterocycles. The number of rotatable bonds is 5. The molecule has 0 spiro atoms. The Bertz CT molecular complexity index is 802. The van der Waals surface area contributed by atoms with Crippen molar-refractivity contribution in [3.63, 3.8) is 0 Å². The van der Waals surface area contributed by atoms with Crippen molar-refractivity contribution in [3.8, 4) is 5.75 Å². The topological polar surface area (TPSA) is 38.3 Å². The van der Waals surface area contributed by atoms with Crippen LogP contribution in [0.1, 0.15) is 15.2 Å². The number of hydrogen-bond acceptors (Lipinski definition) is 3. The van der Waals surface area contributed by atoms with Gasteiger partial charge in [-0.1, -0.05) is 24.3 Å². The van der Waals surface area contributed by atoms with Crippen molar-refractivity contribution in [2.75, 3.05) is 5.32 Å². The van der Waals surface area contributed by atoms with Crippen LogP contribution in [0.2, 0.25) is 0 Å². The van der Waals surface area contributed by atoms with E-state index >= 15 is 0 Å².